The average molecular weight is 301 g/mol. The van der Waals surface area contributed by atoms with Gasteiger partial charge in [-0.15, -0.1) is 0 Å². The smallest absolute Gasteiger partial charge is 0.243 e. The highest BCUT2D eigenvalue weighted by Gasteiger charge is 2.18. The highest BCUT2D eigenvalue weighted by Crippen LogP contribution is 2.18. The molecule has 0 unspecified atom stereocenters. The van der Waals surface area contributed by atoms with Crippen LogP contribution in [0.3, 0.4) is 0 Å². The molecule has 19 heavy (non-hydrogen) atoms. The van der Waals surface area contributed by atoms with Crippen molar-refractivity contribution < 1.29 is 12.8 Å². The zero-order valence-corrected chi connectivity index (χ0v) is 11.2. The van der Waals surface area contributed by atoms with Crippen molar-refractivity contribution in [3.8, 4) is 0 Å². The van der Waals surface area contributed by atoms with Crippen LogP contribution in [0.25, 0.3) is 0 Å². The predicted octanol–water partition coefficient (Wildman–Crippen LogP) is 2.35. The number of hydrogen-bond acceptors (Lipinski definition) is 3. The van der Waals surface area contributed by atoms with Crippen LogP contribution in [0.4, 0.5) is 4.39 Å². The van der Waals surface area contributed by atoms with Crippen molar-refractivity contribution in [2.75, 3.05) is 0 Å². The molecule has 0 bridgehead atoms. The second-order valence-corrected chi connectivity index (χ2v) is 5.93. The number of nitrogens with one attached hydrogen (secondary N) is 1. The minimum atomic E-state index is -3.92. The third-order valence-corrected chi connectivity index (χ3v) is 4.04. The van der Waals surface area contributed by atoms with Crippen molar-refractivity contribution in [3.05, 3.63) is 59.1 Å². The van der Waals surface area contributed by atoms with Crippen LogP contribution in [-0.4, -0.2) is 13.4 Å². The van der Waals surface area contributed by atoms with E-state index in [1.165, 1.54) is 12.3 Å². The van der Waals surface area contributed by atoms with Crippen molar-refractivity contribution >= 4 is 21.6 Å². The maximum atomic E-state index is 13.6. The van der Waals surface area contributed by atoms with Gasteiger partial charge < -0.3 is 0 Å². The van der Waals surface area contributed by atoms with Crippen LogP contribution in [-0.2, 0) is 16.6 Å². The summed E-state index contributed by atoms with van der Waals surface area (Å²) in [5.41, 5.74) is 0.681. The number of pyridine rings is 1. The molecule has 1 aromatic carbocycles. The van der Waals surface area contributed by atoms with Crippen molar-refractivity contribution in [2.24, 2.45) is 0 Å². The standard InChI is InChI=1S/C12H10ClFN2O2S/c13-10-3-4-12(11(14)6-10)19(17,18)16-8-9-2-1-5-15-7-9/h1-7,16H,8H2. The van der Waals surface area contributed by atoms with E-state index in [1.807, 2.05) is 0 Å². The summed E-state index contributed by atoms with van der Waals surface area (Å²) in [5.74, 6) is -0.883. The van der Waals surface area contributed by atoms with E-state index >= 15 is 0 Å². The third-order valence-electron chi connectivity index (χ3n) is 2.37. The van der Waals surface area contributed by atoms with E-state index in [4.69, 9.17) is 11.6 Å². The van der Waals surface area contributed by atoms with Gasteiger partial charge >= 0.3 is 0 Å². The van der Waals surface area contributed by atoms with E-state index in [0.29, 0.717) is 5.56 Å². The highest BCUT2D eigenvalue weighted by atomic mass is 35.5. The van der Waals surface area contributed by atoms with Gasteiger partial charge in [-0.2, -0.15) is 0 Å². The van der Waals surface area contributed by atoms with Crippen LogP contribution >= 0.6 is 11.6 Å². The fraction of sp³-hybridized carbons (Fsp3) is 0.0833. The summed E-state index contributed by atoms with van der Waals surface area (Å²) in [6.45, 7) is 0.0399. The van der Waals surface area contributed by atoms with Gasteiger partial charge in [0.2, 0.25) is 10.0 Å². The largest absolute Gasteiger partial charge is 0.264 e. The molecule has 0 aliphatic heterocycles. The first-order valence-electron chi connectivity index (χ1n) is 5.33. The Morgan fingerprint density at radius 1 is 1.32 bits per heavy atom. The van der Waals surface area contributed by atoms with Crippen LogP contribution in [0.1, 0.15) is 5.56 Å². The predicted molar refractivity (Wildman–Crippen MR) is 69.7 cm³/mol. The Kier molecular flexibility index (Phi) is 4.14. The van der Waals surface area contributed by atoms with Crippen LogP contribution in [0.5, 0.6) is 0 Å². The lowest BCUT2D eigenvalue weighted by molar-refractivity contribution is 0.557. The molecule has 0 aliphatic rings. The molecular formula is C12H10ClFN2O2S. The quantitative estimate of drug-likeness (QED) is 0.943. The van der Waals surface area contributed by atoms with Crippen molar-refractivity contribution in [1.82, 2.24) is 9.71 Å². The Labute approximate surface area is 115 Å². The molecule has 4 nitrogen and oxygen atoms in total. The number of sulfonamides is 1. The molecule has 0 atom stereocenters. The van der Waals surface area contributed by atoms with Gasteiger partial charge in [0.1, 0.15) is 10.7 Å². The molecule has 0 amide bonds. The van der Waals surface area contributed by atoms with E-state index in [1.54, 1.807) is 18.3 Å². The van der Waals surface area contributed by atoms with Crippen molar-refractivity contribution in [3.63, 3.8) is 0 Å². The minimum absolute atomic E-state index is 0.0399. The fourth-order valence-corrected chi connectivity index (χ4v) is 2.69. The van der Waals surface area contributed by atoms with E-state index in [9.17, 15) is 12.8 Å². The molecule has 2 rings (SSSR count). The van der Waals surface area contributed by atoms with E-state index in [0.717, 1.165) is 12.1 Å². The molecule has 0 spiro atoms. The number of aromatic nitrogens is 1. The van der Waals surface area contributed by atoms with E-state index < -0.39 is 20.7 Å². The van der Waals surface area contributed by atoms with Gasteiger partial charge in [-0.3, -0.25) is 4.98 Å². The lowest BCUT2D eigenvalue weighted by atomic mass is 10.3. The molecule has 100 valence electrons. The van der Waals surface area contributed by atoms with Gasteiger partial charge in [0.25, 0.3) is 0 Å². The minimum Gasteiger partial charge on any atom is -0.264 e. The van der Waals surface area contributed by atoms with Crippen LogP contribution in [0, 0.1) is 5.82 Å². The Balaban J connectivity index is 2.19. The number of benzene rings is 1. The van der Waals surface area contributed by atoms with Gasteiger partial charge in [-0.1, -0.05) is 17.7 Å². The molecule has 2 aromatic rings. The van der Waals surface area contributed by atoms with Gasteiger partial charge in [0.05, 0.1) is 0 Å². The number of hydrogen-bond donors (Lipinski definition) is 1. The Bertz CT molecular complexity index is 677. The number of halogens is 2. The molecule has 1 heterocycles. The molecule has 0 saturated heterocycles. The first kappa shape index (κ1) is 13.9. The molecule has 0 saturated carbocycles. The highest BCUT2D eigenvalue weighted by molar-refractivity contribution is 7.89. The summed E-state index contributed by atoms with van der Waals surface area (Å²) in [7, 11) is -3.92. The van der Waals surface area contributed by atoms with Crippen LogP contribution in [0.2, 0.25) is 5.02 Å². The normalized spacial score (nSPS) is 11.5. The molecule has 0 aliphatic carbocycles. The second-order valence-electron chi connectivity index (χ2n) is 3.76. The average Bonchev–Trinajstić information content (AvgIpc) is 2.37. The topological polar surface area (TPSA) is 59.1 Å². The zero-order valence-electron chi connectivity index (χ0n) is 9.68. The SMILES string of the molecule is O=S(=O)(NCc1cccnc1)c1ccc(Cl)cc1F. The van der Waals surface area contributed by atoms with Crippen LogP contribution in [0.15, 0.2) is 47.6 Å². The zero-order chi connectivity index (χ0) is 13.9. The van der Waals surface area contributed by atoms with Gasteiger partial charge in [0, 0.05) is 24.0 Å². The summed E-state index contributed by atoms with van der Waals surface area (Å²) in [5, 5.41) is 0.142. The first-order chi connectivity index (χ1) is 8.99. The lowest BCUT2D eigenvalue weighted by Crippen LogP contribution is -2.24. The molecule has 0 fully saturated rings. The Morgan fingerprint density at radius 2 is 2.11 bits per heavy atom. The molecule has 7 heteroatoms. The van der Waals surface area contributed by atoms with Crippen LogP contribution < -0.4 is 4.72 Å². The second kappa shape index (κ2) is 5.64. The lowest BCUT2D eigenvalue weighted by Gasteiger charge is -2.07. The summed E-state index contributed by atoms with van der Waals surface area (Å²) in [6, 6.07) is 6.81. The summed E-state index contributed by atoms with van der Waals surface area (Å²) in [4.78, 5) is 3.43. The maximum Gasteiger partial charge on any atom is 0.243 e. The fourth-order valence-electron chi connectivity index (χ4n) is 1.45. The molecule has 1 aromatic heterocycles. The number of rotatable bonds is 4. The van der Waals surface area contributed by atoms with Gasteiger partial charge in [-0.25, -0.2) is 17.5 Å². The third kappa shape index (κ3) is 3.50. The Morgan fingerprint density at radius 3 is 2.74 bits per heavy atom. The van der Waals surface area contributed by atoms with Gasteiger partial charge in [-0.05, 0) is 29.8 Å². The van der Waals surface area contributed by atoms with Gasteiger partial charge in [0.15, 0.2) is 0 Å². The first-order valence-corrected chi connectivity index (χ1v) is 7.19. The molecular weight excluding hydrogens is 291 g/mol. The molecule has 0 radical (unpaired) electrons. The number of nitrogens with zero attached hydrogens (tertiary/aromatic N) is 1. The monoisotopic (exact) mass is 300 g/mol. The van der Waals surface area contributed by atoms with Crippen molar-refractivity contribution in [1.29, 1.82) is 0 Å². The molecule has 1 N–H and O–H groups in total. The summed E-state index contributed by atoms with van der Waals surface area (Å²) < 4.78 is 39.7. The summed E-state index contributed by atoms with van der Waals surface area (Å²) in [6.07, 6.45) is 3.11. The Hall–Kier alpha value is -1.50. The van der Waals surface area contributed by atoms with E-state index in [2.05, 4.69) is 9.71 Å². The van der Waals surface area contributed by atoms with E-state index in [-0.39, 0.29) is 11.6 Å². The summed E-state index contributed by atoms with van der Waals surface area (Å²) >= 11 is 5.58. The maximum absolute atomic E-state index is 13.6. The van der Waals surface area contributed by atoms with Crippen molar-refractivity contribution in [2.45, 2.75) is 11.4 Å².